The van der Waals surface area contributed by atoms with E-state index in [9.17, 15) is 31.4 Å². The predicted octanol–water partition coefficient (Wildman–Crippen LogP) is 2.90. The zero-order chi connectivity index (χ0) is 20.9. The largest absolute Gasteiger partial charge is 0.430 e. The van der Waals surface area contributed by atoms with Crippen molar-refractivity contribution in [3.05, 3.63) is 23.9 Å². The Labute approximate surface area is 156 Å². The number of halogens is 6. The molecule has 28 heavy (non-hydrogen) atoms. The Morgan fingerprint density at radius 1 is 1.18 bits per heavy atom. The first-order valence-electron chi connectivity index (χ1n) is 8.15. The number of nitrogens with one attached hydrogen (secondary N) is 2. The molecule has 0 saturated heterocycles. The second kappa shape index (κ2) is 6.64. The van der Waals surface area contributed by atoms with Crippen LogP contribution in [0.5, 0.6) is 0 Å². The summed E-state index contributed by atoms with van der Waals surface area (Å²) in [6.07, 6.45) is -4.86. The summed E-state index contributed by atoms with van der Waals surface area (Å²) in [4.78, 5) is 11.3. The molecule has 2 radical (unpaired) electrons. The number of alkyl halides is 5. The summed E-state index contributed by atoms with van der Waals surface area (Å²) in [5.41, 5.74) is -5.51. The van der Waals surface area contributed by atoms with E-state index in [1.54, 1.807) is 0 Å². The van der Waals surface area contributed by atoms with E-state index in [4.69, 9.17) is 7.85 Å². The van der Waals surface area contributed by atoms with E-state index >= 15 is 0 Å². The van der Waals surface area contributed by atoms with Crippen LogP contribution in [0.3, 0.4) is 0 Å². The summed E-state index contributed by atoms with van der Waals surface area (Å²) in [6.45, 7) is 2.82. The molecule has 13 heteroatoms. The summed E-state index contributed by atoms with van der Waals surface area (Å²) < 4.78 is 80.0. The molecule has 1 saturated carbocycles. The number of hydrogen-bond acceptors (Lipinski definition) is 6. The zero-order valence-corrected chi connectivity index (χ0v) is 14.2. The average Bonchev–Trinajstić information content (AvgIpc) is 3.36. The number of aliphatic hydroxyl groups is 1. The maximum Gasteiger partial charge on any atom is 0.430 e. The third-order valence-corrected chi connectivity index (χ3v) is 4.27. The molecular weight excluding hydrogens is 391 g/mol. The molecular formula is C15H14BF6N5O. The number of aromatic nitrogens is 3. The van der Waals surface area contributed by atoms with E-state index in [1.165, 1.54) is 0 Å². The van der Waals surface area contributed by atoms with Gasteiger partial charge in [0.2, 0.25) is 11.9 Å². The van der Waals surface area contributed by atoms with Crippen molar-refractivity contribution in [1.82, 2.24) is 15.0 Å². The van der Waals surface area contributed by atoms with Crippen molar-refractivity contribution in [3.63, 3.8) is 0 Å². The standard InChI is InChI=1S/C15H14BF6N5O/c1-6(15(20,21)22)23-11-25-10(26-12(27-11)24-7-2-3-7)8-4-5-13(18,19)14(16,28)9(8)17/h7,28H,1-5H2,(H2,23,24,25,26,27). The maximum atomic E-state index is 14.5. The van der Waals surface area contributed by atoms with E-state index in [0.717, 1.165) is 12.8 Å². The minimum absolute atomic E-state index is 0.0186. The van der Waals surface area contributed by atoms with Gasteiger partial charge in [0, 0.05) is 18.0 Å². The van der Waals surface area contributed by atoms with Gasteiger partial charge in [-0.3, -0.25) is 0 Å². The lowest BCUT2D eigenvalue weighted by Crippen LogP contribution is -2.51. The van der Waals surface area contributed by atoms with Crippen LogP contribution in [0.1, 0.15) is 31.5 Å². The number of hydrogen-bond donors (Lipinski definition) is 3. The van der Waals surface area contributed by atoms with Crippen molar-refractivity contribution in [3.8, 4) is 0 Å². The van der Waals surface area contributed by atoms with Crippen LogP contribution in [0, 0.1) is 0 Å². The van der Waals surface area contributed by atoms with Crippen LogP contribution in [-0.4, -0.2) is 51.5 Å². The van der Waals surface area contributed by atoms with Gasteiger partial charge in [0.1, 0.15) is 24.9 Å². The van der Waals surface area contributed by atoms with Gasteiger partial charge in [-0.2, -0.15) is 28.1 Å². The number of allylic oxidation sites excluding steroid dienone is 2. The van der Waals surface area contributed by atoms with Crippen molar-refractivity contribution in [1.29, 1.82) is 0 Å². The summed E-state index contributed by atoms with van der Waals surface area (Å²) in [6, 6.07) is -0.0186. The van der Waals surface area contributed by atoms with E-state index in [1.807, 2.05) is 5.32 Å². The highest BCUT2D eigenvalue weighted by Gasteiger charge is 2.55. The maximum absolute atomic E-state index is 14.5. The molecule has 6 nitrogen and oxygen atoms in total. The molecule has 1 aromatic rings. The van der Waals surface area contributed by atoms with Crippen molar-refractivity contribution in [2.24, 2.45) is 0 Å². The molecule has 2 aliphatic rings. The second-order valence-corrected chi connectivity index (χ2v) is 6.59. The molecule has 2 aliphatic carbocycles. The third-order valence-electron chi connectivity index (χ3n) is 4.27. The fraction of sp³-hybridized carbons (Fsp3) is 0.533. The Morgan fingerprint density at radius 3 is 2.36 bits per heavy atom. The lowest BCUT2D eigenvalue weighted by atomic mass is 9.68. The van der Waals surface area contributed by atoms with E-state index in [2.05, 4.69) is 26.8 Å². The topological polar surface area (TPSA) is 83.0 Å². The van der Waals surface area contributed by atoms with Gasteiger partial charge in [-0.1, -0.05) is 6.58 Å². The Hall–Kier alpha value is -2.31. The van der Waals surface area contributed by atoms with Crippen molar-refractivity contribution >= 4 is 25.3 Å². The molecule has 3 rings (SSSR count). The molecule has 0 bridgehead atoms. The molecule has 0 aromatic carbocycles. The van der Waals surface area contributed by atoms with Gasteiger partial charge < -0.3 is 15.7 Å². The summed E-state index contributed by atoms with van der Waals surface area (Å²) in [7, 11) is 5.04. The van der Waals surface area contributed by atoms with Gasteiger partial charge in [-0.05, 0) is 19.3 Å². The smallest absolute Gasteiger partial charge is 0.387 e. The Bertz CT molecular complexity index is 837. The Kier molecular flexibility index (Phi) is 4.84. The van der Waals surface area contributed by atoms with Gasteiger partial charge >= 0.3 is 6.18 Å². The number of nitrogens with zero attached hydrogens (tertiary/aromatic N) is 3. The fourth-order valence-corrected chi connectivity index (χ4v) is 2.43. The summed E-state index contributed by atoms with van der Waals surface area (Å²) >= 11 is 0. The molecule has 0 aliphatic heterocycles. The lowest BCUT2D eigenvalue weighted by molar-refractivity contribution is -0.132. The van der Waals surface area contributed by atoms with Gasteiger partial charge in [0.15, 0.2) is 5.82 Å². The first kappa shape index (κ1) is 20.4. The van der Waals surface area contributed by atoms with Gasteiger partial charge in [-0.15, -0.1) is 0 Å². The molecule has 0 amide bonds. The van der Waals surface area contributed by atoms with E-state index < -0.39 is 59.3 Å². The molecule has 1 unspecified atom stereocenters. The second-order valence-electron chi connectivity index (χ2n) is 6.59. The first-order chi connectivity index (χ1) is 12.8. The highest BCUT2D eigenvalue weighted by molar-refractivity contribution is 6.18. The van der Waals surface area contributed by atoms with E-state index in [-0.39, 0.29) is 12.0 Å². The van der Waals surface area contributed by atoms with Gasteiger partial charge in [0.05, 0.1) is 0 Å². The Balaban J connectivity index is 2.02. The highest BCUT2D eigenvalue weighted by atomic mass is 19.4. The summed E-state index contributed by atoms with van der Waals surface area (Å²) in [5, 5.41) is 14.3. The molecule has 1 fully saturated rings. The van der Waals surface area contributed by atoms with Crippen molar-refractivity contribution in [2.45, 2.75) is 49.3 Å². The summed E-state index contributed by atoms with van der Waals surface area (Å²) in [5.74, 6) is -7.01. The van der Waals surface area contributed by atoms with Crippen molar-refractivity contribution in [2.75, 3.05) is 10.6 Å². The SMILES string of the molecule is [B]C1(O)C(F)=C(c2nc(NC(=C)C(F)(F)F)nc(NC3CC3)n2)CCC1(F)F. The molecule has 0 spiro atoms. The number of anilines is 2. The lowest BCUT2D eigenvalue weighted by Gasteiger charge is -2.36. The molecule has 1 heterocycles. The van der Waals surface area contributed by atoms with Gasteiger partial charge in [0.25, 0.3) is 5.92 Å². The Morgan fingerprint density at radius 2 is 1.79 bits per heavy atom. The van der Waals surface area contributed by atoms with E-state index in [0.29, 0.717) is 0 Å². The van der Waals surface area contributed by atoms with Crippen LogP contribution in [0.15, 0.2) is 18.1 Å². The van der Waals surface area contributed by atoms with Crippen LogP contribution < -0.4 is 10.6 Å². The third kappa shape index (κ3) is 3.93. The minimum atomic E-state index is -4.80. The molecule has 1 atom stereocenters. The normalized spacial score (nSPS) is 24.8. The average molecular weight is 405 g/mol. The number of rotatable bonds is 5. The molecule has 1 aromatic heterocycles. The molecule has 150 valence electrons. The minimum Gasteiger partial charge on any atom is -0.387 e. The van der Waals surface area contributed by atoms with Crippen molar-refractivity contribution < 1.29 is 31.4 Å². The van der Waals surface area contributed by atoms with Gasteiger partial charge in [-0.25, -0.2) is 13.2 Å². The highest BCUT2D eigenvalue weighted by Crippen LogP contribution is 2.46. The quantitative estimate of drug-likeness (QED) is 0.517. The monoisotopic (exact) mass is 405 g/mol. The predicted molar refractivity (Wildman–Crippen MR) is 88.2 cm³/mol. The van der Waals surface area contributed by atoms with Crippen LogP contribution in [-0.2, 0) is 0 Å². The van der Waals surface area contributed by atoms with Crippen LogP contribution in [0.25, 0.3) is 5.57 Å². The van der Waals surface area contributed by atoms with Crippen LogP contribution in [0.4, 0.5) is 38.2 Å². The fourth-order valence-electron chi connectivity index (χ4n) is 2.43. The van der Waals surface area contributed by atoms with Crippen LogP contribution in [0.2, 0.25) is 0 Å². The van der Waals surface area contributed by atoms with Crippen LogP contribution >= 0.6 is 0 Å². The zero-order valence-electron chi connectivity index (χ0n) is 14.2. The first-order valence-corrected chi connectivity index (χ1v) is 8.15. The molecule has 3 N–H and O–H groups in total.